The Morgan fingerprint density at radius 2 is 1.78 bits per heavy atom. The van der Waals surface area contributed by atoms with E-state index in [0.29, 0.717) is 29.2 Å². The van der Waals surface area contributed by atoms with E-state index >= 15 is 0 Å². The van der Waals surface area contributed by atoms with Crippen LogP contribution in [0.1, 0.15) is 48.5 Å². The number of piperidine rings is 1. The van der Waals surface area contributed by atoms with Crippen LogP contribution in [0.5, 0.6) is 5.75 Å². The first kappa shape index (κ1) is 24.2. The predicted molar refractivity (Wildman–Crippen MR) is 142 cm³/mol. The molecule has 0 saturated carbocycles. The lowest BCUT2D eigenvalue weighted by Gasteiger charge is -2.22. The summed E-state index contributed by atoms with van der Waals surface area (Å²) >= 11 is 0. The van der Waals surface area contributed by atoms with Gasteiger partial charge in [-0.2, -0.15) is 0 Å². The van der Waals surface area contributed by atoms with E-state index in [1.54, 1.807) is 12.3 Å². The van der Waals surface area contributed by atoms with Crippen molar-refractivity contribution >= 4 is 10.9 Å². The molecular weight excluding hydrogens is 450 g/mol. The van der Waals surface area contributed by atoms with E-state index in [1.165, 1.54) is 24.0 Å². The second-order valence-corrected chi connectivity index (χ2v) is 9.50. The number of rotatable bonds is 9. The van der Waals surface area contributed by atoms with Gasteiger partial charge in [0.25, 0.3) is 5.56 Å². The van der Waals surface area contributed by atoms with Crippen molar-refractivity contribution in [3.8, 4) is 5.75 Å². The van der Waals surface area contributed by atoms with Gasteiger partial charge in [0.05, 0.1) is 11.1 Å². The second-order valence-electron chi connectivity index (χ2n) is 9.50. The van der Waals surface area contributed by atoms with Crippen LogP contribution in [0.2, 0.25) is 0 Å². The third-order valence-electron chi connectivity index (χ3n) is 6.78. The monoisotopic (exact) mass is 483 g/mol. The summed E-state index contributed by atoms with van der Waals surface area (Å²) in [4.78, 5) is 25.1. The lowest BCUT2D eigenvalue weighted by Crippen LogP contribution is -2.33. The highest BCUT2D eigenvalue weighted by molar-refractivity contribution is 5.79. The molecular formula is C29H33N5O2. The molecule has 3 N–H and O–H groups in total. The first-order chi connectivity index (χ1) is 17.7. The summed E-state index contributed by atoms with van der Waals surface area (Å²) < 4.78 is 6.14. The van der Waals surface area contributed by atoms with Crippen LogP contribution in [0.25, 0.3) is 10.9 Å². The van der Waals surface area contributed by atoms with Crippen LogP contribution in [0.15, 0.2) is 71.7 Å². The standard InChI is InChI=1S/C29H33N5O2/c1-20(36-24-9-7-22(8-10-24)17-21-5-3-2-4-6-21)28-33-27-25(29(35)34-28)13-16-32-26(27)19-31-18-23-11-14-30-15-12-23/h2-10,13,16,20,23,30-31H,11-12,14-15,17-19H2,1H3,(H,33,34,35)/t20-/m1/s1. The van der Waals surface area contributed by atoms with Gasteiger partial charge in [0, 0.05) is 12.7 Å². The normalized spacial score (nSPS) is 15.1. The van der Waals surface area contributed by atoms with Crippen LogP contribution in [0, 0.1) is 5.92 Å². The summed E-state index contributed by atoms with van der Waals surface area (Å²) in [6, 6.07) is 20.2. The van der Waals surface area contributed by atoms with Crippen molar-refractivity contribution < 1.29 is 4.74 Å². The van der Waals surface area contributed by atoms with Crippen molar-refractivity contribution in [1.82, 2.24) is 25.6 Å². The maximum absolute atomic E-state index is 12.8. The molecule has 0 aliphatic carbocycles. The predicted octanol–water partition coefficient (Wildman–Crippen LogP) is 4.14. The highest BCUT2D eigenvalue weighted by Crippen LogP contribution is 2.22. The summed E-state index contributed by atoms with van der Waals surface area (Å²) in [6.45, 7) is 5.57. The molecule has 1 atom stereocenters. The van der Waals surface area contributed by atoms with Gasteiger partial charge in [-0.3, -0.25) is 9.78 Å². The van der Waals surface area contributed by atoms with Crippen LogP contribution in [0.3, 0.4) is 0 Å². The zero-order valence-corrected chi connectivity index (χ0v) is 20.7. The number of fused-ring (bicyclic) bond motifs is 1. The Bertz CT molecular complexity index is 1330. The maximum Gasteiger partial charge on any atom is 0.258 e. The Morgan fingerprint density at radius 1 is 1.03 bits per heavy atom. The minimum absolute atomic E-state index is 0.175. The molecule has 2 aromatic heterocycles. The van der Waals surface area contributed by atoms with Crippen molar-refractivity contribution in [3.05, 3.63) is 99.9 Å². The molecule has 1 saturated heterocycles. The van der Waals surface area contributed by atoms with Crippen molar-refractivity contribution in [2.24, 2.45) is 5.92 Å². The summed E-state index contributed by atoms with van der Waals surface area (Å²) in [7, 11) is 0. The molecule has 0 bridgehead atoms. The quantitative estimate of drug-likeness (QED) is 0.331. The maximum atomic E-state index is 12.8. The fraction of sp³-hybridized carbons (Fsp3) is 0.345. The molecule has 7 nitrogen and oxygen atoms in total. The van der Waals surface area contributed by atoms with Crippen LogP contribution < -0.4 is 20.9 Å². The minimum atomic E-state index is -0.419. The van der Waals surface area contributed by atoms with Gasteiger partial charge in [-0.15, -0.1) is 0 Å². The van der Waals surface area contributed by atoms with Crippen molar-refractivity contribution in [1.29, 1.82) is 0 Å². The number of aromatic amines is 1. The smallest absolute Gasteiger partial charge is 0.258 e. The molecule has 4 aromatic rings. The zero-order valence-electron chi connectivity index (χ0n) is 20.7. The lowest BCUT2D eigenvalue weighted by molar-refractivity contribution is 0.216. The highest BCUT2D eigenvalue weighted by Gasteiger charge is 2.16. The molecule has 1 aliphatic rings. The number of nitrogens with zero attached hydrogens (tertiary/aromatic N) is 2. The van der Waals surface area contributed by atoms with E-state index in [9.17, 15) is 4.79 Å². The van der Waals surface area contributed by atoms with Gasteiger partial charge < -0.3 is 20.4 Å². The van der Waals surface area contributed by atoms with Gasteiger partial charge in [0.1, 0.15) is 11.3 Å². The van der Waals surface area contributed by atoms with E-state index in [1.807, 2.05) is 25.1 Å². The largest absolute Gasteiger partial charge is 0.483 e. The van der Waals surface area contributed by atoms with Gasteiger partial charge in [0.2, 0.25) is 0 Å². The fourth-order valence-corrected chi connectivity index (χ4v) is 4.72. The molecule has 0 spiro atoms. The third kappa shape index (κ3) is 5.98. The fourth-order valence-electron chi connectivity index (χ4n) is 4.72. The van der Waals surface area contributed by atoms with Gasteiger partial charge in [-0.25, -0.2) is 4.98 Å². The average Bonchev–Trinajstić information content (AvgIpc) is 2.91. The number of pyridine rings is 1. The van der Waals surface area contributed by atoms with E-state index in [0.717, 1.165) is 37.5 Å². The molecule has 2 aromatic carbocycles. The van der Waals surface area contributed by atoms with Crippen molar-refractivity contribution in [2.75, 3.05) is 19.6 Å². The average molecular weight is 484 g/mol. The molecule has 0 amide bonds. The number of nitrogens with one attached hydrogen (secondary N) is 3. The second kappa shape index (κ2) is 11.5. The molecule has 3 heterocycles. The van der Waals surface area contributed by atoms with Crippen LogP contribution in [-0.2, 0) is 13.0 Å². The lowest BCUT2D eigenvalue weighted by atomic mass is 9.98. The van der Waals surface area contributed by atoms with Crippen LogP contribution >= 0.6 is 0 Å². The first-order valence-corrected chi connectivity index (χ1v) is 12.7. The van der Waals surface area contributed by atoms with Crippen LogP contribution in [0.4, 0.5) is 0 Å². The Hall–Kier alpha value is -3.55. The number of ether oxygens (including phenoxy) is 1. The summed E-state index contributed by atoms with van der Waals surface area (Å²) in [6.07, 6.45) is 4.49. The van der Waals surface area contributed by atoms with Crippen molar-refractivity contribution in [2.45, 2.75) is 38.8 Å². The highest BCUT2D eigenvalue weighted by atomic mass is 16.5. The molecule has 36 heavy (non-hydrogen) atoms. The van der Waals surface area contributed by atoms with Gasteiger partial charge in [0.15, 0.2) is 11.9 Å². The topological polar surface area (TPSA) is 91.9 Å². The molecule has 5 rings (SSSR count). The molecule has 1 aliphatic heterocycles. The number of hydrogen-bond donors (Lipinski definition) is 3. The van der Waals surface area contributed by atoms with E-state index in [-0.39, 0.29) is 5.56 Å². The van der Waals surface area contributed by atoms with Gasteiger partial charge >= 0.3 is 0 Å². The van der Waals surface area contributed by atoms with Gasteiger partial charge in [-0.1, -0.05) is 42.5 Å². The Kier molecular flexibility index (Phi) is 7.69. The summed E-state index contributed by atoms with van der Waals surface area (Å²) in [5.41, 5.74) is 3.72. The summed E-state index contributed by atoms with van der Waals surface area (Å²) in [5.74, 6) is 1.89. The molecule has 1 fully saturated rings. The number of hydrogen-bond acceptors (Lipinski definition) is 6. The van der Waals surface area contributed by atoms with Crippen molar-refractivity contribution in [3.63, 3.8) is 0 Å². The van der Waals surface area contributed by atoms with E-state index < -0.39 is 6.10 Å². The number of aromatic nitrogens is 3. The van der Waals surface area contributed by atoms with E-state index in [2.05, 4.69) is 57.0 Å². The van der Waals surface area contributed by atoms with Crippen LogP contribution in [-0.4, -0.2) is 34.6 Å². The zero-order chi connectivity index (χ0) is 24.7. The minimum Gasteiger partial charge on any atom is -0.483 e. The Balaban J connectivity index is 1.27. The Morgan fingerprint density at radius 3 is 2.56 bits per heavy atom. The molecule has 186 valence electrons. The van der Waals surface area contributed by atoms with E-state index in [4.69, 9.17) is 9.72 Å². The first-order valence-electron chi connectivity index (χ1n) is 12.7. The summed E-state index contributed by atoms with van der Waals surface area (Å²) in [5, 5.41) is 7.47. The molecule has 0 radical (unpaired) electrons. The third-order valence-corrected chi connectivity index (χ3v) is 6.78. The molecule has 7 heteroatoms. The van der Waals surface area contributed by atoms with Gasteiger partial charge in [-0.05, 0) is 81.1 Å². The number of benzene rings is 2. The Labute approximate surface area is 211 Å². The number of H-pyrrole nitrogens is 1. The molecule has 0 unspecified atom stereocenters. The SMILES string of the molecule is C[C@@H](Oc1ccc(Cc2ccccc2)cc1)c1nc2c(CNCC3CCNCC3)nccc2c(=O)[nH]1.